The number of nitrogens with one attached hydrogen (secondary N) is 1. The van der Waals surface area contributed by atoms with E-state index >= 15 is 4.39 Å². The van der Waals surface area contributed by atoms with E-state index in [-0.39, 0.29) is 41.9 Å². The molecule has 2 aromatic rings. The number of hydrogen-bond donors (Lipinski definition) is 1. The number of aryl methyl sites for hydroxylation is 1. The Bertz CT molecular complexity index is 1270. The Hall–Kier alpha value is -3.17. The Morgan fingerprint density at radius 3 is 2.45 bits per heavy atom. The van der Waals surface area contributed by atoms with Gasteiger partial charge in [-0.25, -0.2) is 4.39 Å². The lowest BCUT2D eigenvalue weighted by molar-refractivity contribution is -0.182. The van der Waals surface area contributed by atoms with Crippen LogP contribution in [-0.2, 0) is 37.6 Å². The first-order valence-electron chi connectivity index (χ1n) is 14.0. The molecule has 0 spiro atoms. The molecule has 1 atom stereocenters. The fourth-order valence-corrected chi connectivity index (χ4v) is 5.74. The van der Waals surface area contributed by atoms with Crippen molar-refractivity contribution in [1.82, 2.24) is 15.1 Å². The zero-order valence-corrected chi connectivity index (χ0v) is 25.4. The van der Waals surface area contributed by atoms with E-state index in [4.69, 9.17) is 25.2 Å². The average molecular weight is 575 g/mol. The lowest BCUT2D eigenvalue weighted by atomic mass is 9.60. The molecule has 2 aromatic carbocycles. The van der Waals surface area contributed by atoms with Crippen LogP contribution in [0, 0.1) is 12.7 Å². The van der Waals surface area contributed by atoms with Gasteiger partial charge in [0.2, 0.25) is 12.3 Å². The van der Waals surface area contributed by atoms with Gasteiger partial charge < -0.3 is 24.5 Å². The van der Waals surface area contributed by atoms with Crippen LogP contribution in [0.3, 0.4) is 0 Å². The second-order valence-electron chi connectivity index (χ2n) is 12.2. The molecule has 0 aliphatic carbocycles. The maximum Gasteiger partial charge on any atom is 0.242 e. The van der Waals surface area contributed by atoms with Crippen molar-refractivity contribution in [3.63, 3.8) is 0 Å². The molecule has 0 aromatic heterocycles. The van der Waals surface area contributed by atoms with Gasteiger partial charge in [0, 0.05) is 44.2 Å². The van der Waals surface area contributed by atoms with Gasteiger partial charge in [0.05, 0.1) is 23.1 Å². The van der Waals surface area contributed by atoms with Gasteiger partial charge >= 0.3 is 0 Å². The highest BCUT2D eigenvalue weighted by atomic mass is 19.1. The fraction of sp³-hybridized carbons (Fsp3) is 0.516. The zero-order valence-electron chi connectivity index (χ0n) is 25.4. The van der Waals surface area contributed by atoms with Crippen molar-refractivity contribution in [3.05, 3.63) is 64.5 Å². The first kappa shape index (κ1) is 33.3. The number of morpholine rings is 1. The number of amides is 2. The minimum Gasteiger partial charge on any atom is -0.502 e. The van der Waals surface area contributed by atoms with Crippen molar-refractivity contribution >= 4 is 34.3 Å². The van der Waals surface area contributed by atoms with Crippen molar-refractivity contribution in [2.24, 2.45) is 0 Å². The second kappa shape index (κ2) is 13.4. The summed E-state index contributed by atoms with van der Waals surface area (Å²) < 4.78 is 27.4. The lowest BCUT2D eigenvalue weighted by Gasteiger charge is -2.47. The molecule has 1 unspecified atom stereocenters. The number of halogens is 1. The number of ether oxygens (including phenoxy) is 2. The summed E-state index contributed by atoms with van der Waals surface area (Å²) in [7, 11) is 14.3. The van der Waals surface area contributed by atoms with Crippen molar-refractivity contribution in [2.75, 3.05) is 20.1 Å². The summed E-state index contributed by atoms with van der Waals surface area (Å²) in [6, 6.07) is 8.92. The van der Waals surface area contributed by atoms with E-state index in [1.165, 1.54) is 18.0 Å². The molecule has 3 rings (SSSR count). The first-order valence-corrected chi connectivity index (χ1v) is 14.0. The van der Waals surface area contributed by atoms with Gasteiger partial charge in [-0.3, -0.25) is 14.5 Å². The number of hydrogen-bond acceptors (Lipinski definition) is 6. The average Bonchev–Trinajstić information content (AvgIpc) is 2.88. The molecule has 1 fully saturated rings. The second-order valence-corrected chi connectivity index (χ2v) is 12.2. The molecule has 8 nitrogen and oxygen atoms in total. The van der Waals surface area contributed by atoms with Crippen LogP contribution < -0.4 is 10.1 Å². The summed E-state index contributed by atoms with van der Waals surface area (Å²) in [6.07, 6.45) is 1.50. The highest BCUT2D eigenvalue weighted by molar-refractivity contribution is 6.39. The zero-order chi connectivity index (χ0) is 31.3. The van der Waals surface area contributed by atoms with E-state index in [0.29, 0.717) is 37.9 Å². The van der Waals surface area contributed by atoms with Crippen molar-refractivity contribution in [3.8, 4) is 5.75 Å². The van der Waals surface area contributed by atoms with E-state index in [1.807, 2.05) is 40.7 Å². The largest absolute Gasteiger partial charge is 0.502 e. The Morgan fingerprint density at radius 1 is 1.19 bits per heavy atom. The van der Waals surface area contributed by atoms with E-state index in [1.54, 1.807) is 24.3 Å². The topological polar surface area (TPSA) is 88.2 Å². The van der Waals surface area contributed by atoms with Crippen LogP contribution in [0.25, 0.3) is 0 Å². The summed E-state index contributed by atoms with van der Waals surface area (Å²) in [5.41, 5.74) is 1.37. The number of benzene rings is 2. The third kappa shape index (κ3) is 8.44. The molecule has 0 bridgehead atoms. The minimum absolute atomic E-state index is 0.0242. The monoisotopic (exact) mass is 575 g/mol. The molecule has 1 aliphatic rings. The smallest absolute Gasteiger partial charge is 0.242 e. The molecule has 0 saturated carbocycles. The molecule has 1 heterocycles. The predicted molar refractivity (Wildman–Crippen MR) is 161 cm³/mol. The summed E-state index contributed by atoms with van der Waals surface area (Å²) in [5.74, 6) is -0.791. The Labute approximate surface area is 251 Å². The molecular formula is C31H40B2FN3O5. The van der Waals surface area contributed by atoms with Gasteiger partial charge in [-0.15, -0.1) is 0 Å². The van der Waals surface area contributed by atoms with Crippen LogP contribution in [0.15, 0.2) is 36.4 Å². The number of likely N-dealkylation sites (N-methyl/N-ethyl adjacent to an activating group) is 1. The predicted octanol–water partition coefficient (Wildman–Crippen LogP) is 3.10. The normalized spacial score (nSPS) is 17.2. The summed E-state index contributed by atoms with van der Waals surface area (Å²) in [4.78, 5) is 39.1. The standard InChI is InChI=1S/C31H40B2FN3O5/c1-21-9-7-11-27(23(21)17-37(20-39)26(10-8-14-38)28(40)35-6)41-31(32,33)24-15-22(12-13-25(24)34)16-36-18-29(2,3)42-30(4,5)19-36/h7,9,11-15,20,26H,8,10,16-19H2,1-6H3,(H,35,40). The molecule has 1 saturated heterocycles. The summed E-state index contributed by atoms with van der Waals surface area (Å²) in [6.45, 7) is 11.9. The molecule has 2 amide bonds. The first-order chi connectivity index (χ1) is 19.6. The summed E-state index contributed by atoms with van der Waals surface area (Å²) >= 11 is 0. The van der Waals surface area contributed by atoms with Gasteiger partial charge in [-0.2, -0.15) is 0 Å². The maximum absolute atomic E-state index is 15.2. The highest BCUT2D eigenvalue weighted by Gasteiger charge is 2.38. The Kier molecular flexibility index (Phi) is 10.7. The third-order valence-corrected chi connectivity index (χ3v) is 7.25. The van der Waals surface area contributed by atoms with E-state index in [9.17, 15) is 14.4 Å². The molecular weight excluding hydrogens is 535 g/mol. The van der Waals surface area contributed by atoms with Crippen LogP contribution >= 0.6 is 0 Å². The Morgan fingerprint density at radius 2 is 1.86 bits per heavy atom. The molecule has 1 aliphatic heterocycles. The van der Waals surface area contributed by atoms with Gasteiger partial charge in [0.15, 0.2) is 0 Å². The SMILES string of the molecule is [B]C([B])(Oc1cccc(C)c1CN(C=O)C(CCC=O)C(=O)NC)c1cc(CN2CC(C)(C)OC(C)(C)C2)ccc1F. The number of carbonyl (C=O) groups is 3. The maximum atomic E-state index is 15.2. The quantitative estimate of drug-likeness (QED) is 0.292. The third-order valence-electron chi connectivity index (χ3n) is 7.25. The van der Waals surface area contributed by atoms with Gasteiger partial charge in [0.25, 0.3) is 0 Å². The molecule has 11 heteroatoms. The van der Waals surface area contributed by atoms with E-state index in [0.717, 1.165) is 11.1 Å². The van der Waals surface area contributed by atoms with E-state index in [2.05, 4.69) is 10.2 Å². The van der Waals surface area contributed by atoms with Crippen molar-refractivity contribution in [2.45, 2.75) is 83.2 Å². The molecule has 4 radical (unpaired) electrons. The van der Waals surface area contributed by atoms with E-state index < -0.39 is 23.2 Å². The van der Waals surface area contributed by atoms with Crippen LogP contribution in [-0.4, -0.2) is 81.5 Å². The highest BCUT2D eigenvalue weighted by Crippen LogP contribution is 2.33. The number of rotatable bonds is 13. The van der Waals surface area contributed by atoms with Crippen LogP contribution in [0.2, 0.25) is 0 Å². The van der Waals surface area contributed by atoms with Gasteiger partial charge in [-0.05, 0) is 70.4 Å². The van der Waals surface area contributed by atoms with Crippen molar-refractivity contribution in [1.29, 1.82) is 0 Å². The summed E-state index contributed by atoms with van der Waals surface area (Å²) in [5, 5.41) is 0.475. The van der Waals surface area contributed by atoms with Gasteiger partial charge in [0.1, 0.15) is 39.6 Å². The van der Waals surface area contributed by atoms with Crippen LogP contribution in [0.1, 0.15) is 62.8 Å². The fourth-order valence-electron chi connectivity index (χ4n) is 5.74. The molecule has 1 N–H and O–H groups in total. The molecule has 222 valence electrons. The van der Waals surface area contributed by atoms with Crippen molar-refractivity contribution < 1.29 is 28.2 Å². The minimum atomic E-state index is -2.06. The number of carbonyl (C=O) groups excluding carboxylic acids is 3. The van der Waals surface area contributed by atoms with Crippen LogP contribution in [0.5, 0.6) is 5.75 Å². The Balaban J connectivity index is 1.89. The number of aldehydes is 1. The number of nitrogens with zero attached hydrogens (tertiary/aromatic N) is 2. The lowest BCUT2D eigenvalue weighted by Crippen LogP contribution is -2.56. The molecule has 42 heavy (non-hydrogen) atoms. The van der Waals surface area contributed by atoms with Gasteiger partial charge in [-0.1, -0.05) is 18.2 Å². The van der Waals surface area contributed by atoms with Crippen LogP contribution in [0.4, 0.5) is 4.39 Å².